The minimum Gasteiger partial charge on any atom is -0.462 e. The van der Waals surface area contributed by atoms with Gasteiger partial charge in [0.15, 0.2) is 0 Å². The van der Waals surface area contributed by atoms with Crippen LogP contribution in [0, 0.1) is 0 Å². The van der Waals surface area contributed by atoms with E-state index >= 15 is 0 Å². The summed E-state index contributed by atoms with van der Waals surface area (Å²) < 4.78 is 4.84. The van der Waals surface area contributed by atoms with Crippen molar-refractivity contribution in [3.8, 4) is 0 Å². The van der Waals surface area contributed by atoms with Crippen LogP contribution in [0.25, 0.3) is 0 Å². The van der Waals surface area contributed by atoms with Gasteiger partial charge in [-0.15, -0.1) is 0 Å². The number of ether oxygens (including phenoxy) is 1. The van der Waals surface area contributed by atoms with Crippen LogP contribution in [-0.2, 0) is 14.3 Å². The molecule has 2 rings (SSSR count). The van der Waals surface area contributed by atoms with Crippen molar-refractivity contribution in [1.82, 2.24) is 5.32 Å². The van der Waals surface area contributed by atoms with Gasteiger partial charge in [0, 0.05) is 11.4 Å². The Labute approximate surface area is 149 Å². The van der Waals surface area contributed by atoms with E-state index in [1.807, 2.05) is 5.32 Å². The maximum atomic E-state index is 12.0. The van der Waals surface area contributed by atoms with Crippen LogP contribution in [0.5, 0.6) is 0 Å². The van der Waals surface area contributed by atoms with Gasteiger partial charge < -0.3 is 15.8 Å². The Kier molecular flexibility index (Phi) is 6.05. The number of para-hydroxylation sites is 1. The Bertz CT molecular complexity index is 846. The molecule has 4 N–H and O–H groups in total. The van der Waals surface area contributed by atoms with Gasteiger partial charge in [0.2, 0.25) is 0 Å². The number of esters is 1. The smallest absolute Gasteiger partial charge is 0.338 e. The van der Waals surface area contributed by atoms with E-state index in [4.69, 9.17) is 10.5 Å². The summed E-state index contributed by atoms with van der Waals surface area (Å²) in [5.41, 5.74) is 6.52. The lowest BCUT2D eigenvalue weighted by molar-refractivity contribution is -0.135. The van der Waals surface area contributed by atoms with Crippen LogP contribution in [0.15, 0.2) is 48.5 Å². The number of nitrogens with two attached hydrogens (primary N) is 1. The van der Waals surface area contributed by atoms with Crippen LogP contribution in [0.3, 0.4) is 0 Å². The van der Waals surface area contributed by atoms with Crippen LogP contribution in [0.2, 0.25) is 0 Å². The number of rotatable bonds is 4. The highest BCUT2D eigenvalue weighted by Gasteiger charge is 2.19. The first kappa shape index (κ1) is 18.7. The van der Waals surface area contributed by atoms with Crippen molar-refractivity contribution in [1.29, 1.82) is 0 Å². The van der Waals surface area contributed by atoms with Gasteiger partial charge in [-0.25, -0.2) is 4.79 Å². The van der Waals surface area contributed by atoms with Gasteiger partial charge in [-0.3, -0.25) is 19.7 Å². The quantitative estimate of drug-likeness (QED) is 0.431. The molecule has 0 aliphatic carbocycles. The molecule has 0 aromatic heterocycles. The molecule has 0 spiro atoms. The Morgan fingerprint density at radius 3 is 2.23 bits per heavy atom. The Morgan fingerprint density at radius 2 is 1.62 bits per heavy atom. The van der Waals surface area contributed by atoms with Crippen molar-refractivity contribution in [2.75, 3.05) is 17.7 Å². The van der Waals surface area contributed by atoms with Crippen molar-refractivity contribution in [3.05, 3.63) is 59.7 Å². The largest absolute Gasteiger partial charge is 0.462 e. The summed E-state index contributed by atoms with van der Waals surface area (Å²) in [6, 6.07) is 11.9. The molecule has 0 fully saturated rings. The number of amides is 3. The molecular weight excluding hydrogens is 338 g/mol. The monoisotopic (exact) mass is 355 g/mol. The van der Waals surface area contributed by atoms with Gasteiger partial charge in [0.25, 0.3) is 5.91 Å². The number of carbonyl (C=O) groups is 4. The second kappa shape index (κ2) is 8.43. The van der Waals surface area contributed by atoms with Gasteiger partial charge in [-0.05, 0) is 43.3 Å². The normalized spacial score (nSPS) is 9.88. The lowest BCUT2D eigenvalue weighted by Gasteiger charge is -2.08. The molecule has 0 aliphatic heterocycles. The van der Waals surface area contributed by atoms with E-state index in [1.165, 1.54) is 36.4 Å². The zero-order valence-corrected chi connectivity index (χ0v) is 13.9. The number of nitrogen functional groups attached to an aromatic ring is 1. The van der Waals surface area contributed by atoms with Crippen molar-refractivity contribution in [3.63, 3.8) is 0 Å². The van der Waals surface area contributed by atoms with Crippen LogP contribution in [0.4, 0.5) is 11.4 Å². The standard InChI is InChI=1S/C18H17N3O5/c1-2-26-18(25)11-7-9-12(10-8-11)20-16(23)17(24)21-15(22)13-5-3-4-6-14(13)19/h3-10H,2,19H2,1H3,(H,20,23)(H,21,22,24). The fourth-order valence-corrected chi connectivity index (χ4v) is 2.02. The van der Waals surface area contributed by atoms with Crippen molar-refractivity contribution >= 4 is 35.1 Å². The SMILES string of the molecule is CCOC(=O)c1ccc(NC(=O)C(=O)NC(=O)c2ccccc2N)cc1. The number of carbonyl (C=O) groups excluding carboxylic acids is 4. The number of anilines is 2. The first-order chi connectivity index (χ1) is 12.4. The van der Waals surface area contributed by atoms with E-state index < -0.39 is 23.7 Å². The number of imide groups is 1. The van der Waals surface area contributed by atoms with Crippen molar-refractivity contribution < 1.29 is 23.9 Å². The fraction of sp³-hybridized carbons (Fsp3) is 0.111. The van der Waals surface area contributed by atoms with Crippen LogP contribution >= 0.6 is 0 Å². The summed E-state index contributed by atoms with van der Waals surface area (Å²) in [5.74, 6) is -3.43. The predicted octanol–water partition coefficient (Wildman–Crippen LogP) is 1.34. The summed E-state index contributed by atoms with van der Waals surface area (Å²) in [6.45, 7) is 1.94. The second-order valence-corrected chi connectivity index (χ2v) is 5.12. The van der Waals surface area contributed by atoms with E-state index in [2.05, 4.69) is 5.32 Å². The minimum absolute atomic E-state index is 0.0902. The van der Waals surface area contributed by atoms with Crippen LogP contribution in [-0.4, -0.2) is 30.3 Å². The molecule has 3 amide bonds. The number of hydrogen-bond donors (Lipinski definition) is 3. The Hall–Kier alpha value is -3.68. The van der Waals surface area contributed by atoms with E-state index in [-0.39, 0.29) is 23.5 Å². The topological polar surface area (TPSA) is 128 Å². The van der Waals surface area contributed by atoms with Gasteiger partial charge in [0.05, 0.1) is 17.7 Å². The van der Waals surface area contributed by atoms with E-state index in [1.54, 1.807) is 19.1 Å². The summed E-state index contributed by atoms with van der Waals surface area (Å²) in [5, 5.41) is 4.28. The molecule has 2 aromatic rings. The molecule has 0 unspecified atom stereocenters. The molecule has 2 aromatic carbocycles. The Morgan fingerprint density at radius 1 is 0.962 bits per heavy atom. The first-order valence-electron chi connectivity index (χ1n) is 7.70. The third kappa shape index (κ3) is 4.67. The zero-order chi connectivity index (χ0) is 19.1. The highest BCUT2D eigenvalue weighted by atomic mass is 16.5. The summed E-state index contributed by atoms with van der Waals surface area (Å²) in [6.07, 6.45) is 0. The molecule has 8 nitrogen and oxygen atoms in total. The van der Waals surface area contributed by atoms with E-state index in [0.717, 1.165) is 0 Å². The van der Waals surface area contributed by atoms with Crippen molar-refractivity contribution in [2.45, 2.75) is 6.92 Å². The highest BCUT2D eigenvalue weighted by molar-refractivity contribution is 6.42. The predicted molar refractivity (Wildman–Crippen MR) is 94.4 cm³/mol. The summed E-state index contributed by atoms with van der Waals surface area (Å²) >= 11 is 0. The molecule has 0 heterocycles. The van der Waals surface area contributed by atoms with Crippen LogP contribution < -0.4 is 16.4 Å². The van der Waals surface area contributed by atoms with Crippen molar-refractivity contribution in [2.24, 2.45) is 0 Å². The van der Waals surface area contributed by atoms with Gasteiger partial charge in [0.1, 0.15) is 0 Å². The zero-order valence-electron chi connectivity index (χ0n) is 13.9. The number of nitrogens with one attached hydrogen (secondary N) is 2. The van der Waals surface area contributed by atoms with E-state index in [0.29, 0.717) is 5.56 Å². The lowest BCUT2D eigenvalue weighted by Crippen LogP contribution is -2.39. The first-order valence-corrected chi connectivity index (χ1v) is 7.70. The fourth-order valence-electron chi connectivity index (χ4n) is 2.02. The van der Waals surface area contributed by atoms with Crippen LogP contribution in [0.1, 0.15) is 27.6 Å². The van der Waals surface area contributed by atoms with Gasteiger partial charge in [-0.1, -0.05) is 12.1 Å². The highest BCUT2D eigenvalue weighted by Crippen LogP contribution is 2.11. The molecule has 0 aliphatic rings. The molecule has 0 saturated carbocycles. The minimum atomic E-state index is -1.13. The average Bonchev–Trinajstić information content (AvgIpc) is 2.62. The third-order valence-corrected chi connectivity index (χ3v) is 3.29. The third-order valence-electron chi connectivity index (χ3n) is 3.29. The molecule has 0 saturated heterocycles. The molecule has 0 bridgehead atoms. The lowest BCUT2D eigenvalue weighted by atomic mass is 10.1. The molecule has 0 radical (unpaired) electrons. The van der Waals surface area contributed by atoms with E-state index in [9.17, 15) is 19.2 Å². The summed E-state index contributed by atoms with van der Waals surface area (Å²) in [7, 11) is 0. The Balaban J connectivity index is 1.97. The van der Waals surface area contributed by atoms with Gasteiger partial charge in [-0.2, -0.15) is 0 Å². The maximum Gasteiger partial charge on any atom is 0.338 e. The molecular formula is C18H17N3O5. The van der Waals surface area contributed by atoms with Gasteiger partial charge >= 0.3 is 17.8 Å². The number of benzene rings is 2. The molecule has 26 heavy (non-hydrogen) atoms. The number of hydrogen-bond acceptors (Lipinski definition) is 6. The molecule has 134 valence electrons. The maximum absolute atomic E-state index is 12.0. The molecule has 0 atom stereocenters. The summed E-state index contributed by atoms with van der Waals surface area (Å²) in [4.78, 5) is 47.3. The molecule has 8 heteroatoms. The average molecular weight is 355 g/mol. The second-order valence-electron chi connectivity index (χ2n) is 5.12.